The van der Waals surface area contributed by atoms with Gasteiger partial charge in [0.15, 0.2) is 17.5 Å². The zero-order valence-corrected chi connectivity index (χ0v) is 77.7. The first-order chi connectivity index (χ1) is 70.7. The third kappa shape index (κ3) is 11.7. The highest BCUT2D eigenvalue weighted by atomic mass is 32.1. The molecular weight excluding hydrogens is 1770 g/mol. The second-order valence-electron chi connectivity index (χ2n) is 38.1. The number of hydrogen-bond donors (Lipinski definition) is 0. The van der Waals surface area contributed by atoms with Crippen molar-refractivity contribution in [2.45, 2.75) is 19.3 Å². The zero-order chi connectivity index (χ0) is 93.7. The van der Waals surface area contributed by atoms with E-state index in [9.17, 15) is 0 Å². The fraction of sp³-hybridized carbons (Fsp3) is 0.0233. The second-order valence-corrected chi connectivity index (χ2v) is 39.1. The Kier molecular flexibility index (Phi) is 16.7. The van der Waals surface area contributed by atoms with Crippen molar-refractivity contribution >= 4 is 250 Å². The van der Waals surface area contributed by atoms with Crippen molar-refractivity contribution in [1.82, 2.24) is 43.6 Å². The van der Waals surface area contributed by atoms with Crippen molar-refractivity contribution in [1.29, 1.82) is 0 Å². The summed E-state index contributed by atoms with van der Waals surface area (Å²) in [5.41, 5.74) is 23.9. The van der Waals surface area contributed by atoms with E-state index in [0.717, 1.165) is 199 Å². The first-order valence-corrected chi connectivity index (χ1v) is 49.2. The number of thiophene rings is 1. The minimum Gasteiger partial charge on any atom is -0.456 e. The van der Waals surface area contributed by atoms with Crippen molar-refractivity contribution in [2.24, 2.45) is 0 Å². The first kappa shape index (κ1) is 79.3. The summed E-state index contributed by atoms with van der Waals surface area (Å²) < 4.78 is 33.7. The maximum atomic E-state index is 6.41. The molecule has 0 saturated carbocycles. The monoisotopic (exact) mass is 1850 g/mol. The van der Waals surface area contributed by atoms with Crippen LogP contribution in [0.25, 0.3) is 301 Å². The van der Waals surface area contributed by atoms with E-state index >= 15 is 0 Å². The SMILES string of the molecule is CC1(C)c2ccccc2-c2nc(-n3c4cc5ccccc5cc4c4c5ccccc5ccc43)c(-c3cccc4oc5ccccc5c34)nc21.c1ccc2cc3c(cc2c1)c1c2ccccc2ccc1n3-c1nc2c(nc1-c1cccc3oc4ccccc4c13)oc1ccccc12.c1ccc2cc3c(cc2c1)c1c2ccccc2ccc1n3-c1nc2c(nc1-c1cccc3oc4ccccc4c13)sc1ccccc12. The Balaban J connectivity index is 0.0000000981. The lowest BCUT2D eigenvalue weighted by atomic mass is 9.85. The summed E-state index contributed by atoms with van der Waals surface area (Å²) >= 11 is 1.69. The van der Waals surface area contributed by atoms with Crippen LogP contribution >= 0.6 is 11.3 Å². The molecule has 0 saturated heterocycles. The molecule has 0 atom stereocenters. The number of rotatable bonds is 6. The smallest absolute Gasteiger partial charge is 0.247 e. The van der Waals surface area contributed by atoms with Gasteiger partial charge in [0.1, 0.15) is 72.0 Å². The topological polar surface area (TPSA) is 145 Å². The van der Waals surface area contributed by atoms with Gasteiger partial charge in [0, 0.05) is 108 Å². The van der Waals surface area contributed by atoms with Crippen molar-refractivity contribution in [3.63, 3.8) is 0 Å². The maximum absolute atomic E-state index is 6.41. The van der Waals surface area contributed by atoms with Gasteiger partial charge in [-0.1, -0.05) is 323 Å². The molecule has 14 heteroatoms. The van der Waals surface area contributed by atoms with Crippen LogP contribution in [0.2, 0.25) is 0 Å². The Hall–Kier alpha value is -18.8. The molecule has 0 radical (unpaired) electrons. The summed E-state index contributed by atoms with van der Waals surface area (Å²) in [6, 6.07) is 148. The molecule has 0 N–H and O–H groups in total. The lowest BCUT2D eigenvalue weighted by molar-refractivity contribution is 0.635. The predicted octanol–water partition coefficient (Wildman–Crippen LogP) is 34.9. The summed E-state index contributed by atoms with van der Waals surface area (Å²) in [6.45, 7) is 4.53. The summed E-state index contributed by atoms with van der Waals surface area (Å²) in [4.78, 5) is 34.2. The van der Waals surface area contributed by atoms with E-state index in [1.54, 1.807) is 11.3 Å². The highest BCUT2D eigenvalue weighted by molar-refractivity contribution is 7.25. The number of furan rings is 4. The molecule has 11 aromatic heterocycles. The molecule has 32 aromatic rings. The molecule has 0 unspecified atom stereocenters. The minimum absolute atomic E-state index is 0.314. The second kappa shape index (κ2) is 30.1. The number of para-hydroxylation sites is 4. The van der Waals surface area contributed by atoms with Gasteiger partial charge in [0.2, 0.25) is 5.71 Å². The van der Waals surface area contributed by atoms with Crippen molar-refractivity contribution in [3.05, 3.63) is 430 Å². The average Bonchev–Trinajstić information content (AvgIpc) is 1.57. The van der Waals surface area contributed by atoms with E-state index in [2.05, 4.69) is 367 Å². The molecule has 1 aliphatic rings. The molecule has 0 aliphatic heterocycles. The van der Waals surface area contributed by atoms with Crippen LogP contribution in [0.15, 0.2) is 436 Å². The quantitative estimate of drug-likeness (QED) is 0.158. The Morgan fingerprint density at radius 3 is 0.993 bits per heavy atom. The van der Waals surface area contributed by atoms with E-state index in [1.807, 2.05) is 78.9 Å². The van der Waals surface area contributed by atoms with Gasteiger partial charge in [0.25, 0.3) is 0 Å². The van der Waals surface area contributed by atoms with Gasteiger partial charge in [-0.25, -0.2) is 29.9 Å². The highest BCUT2D eigenvalue weighted by Gasteiger charge is 2.41. The van der Waals surface area contributed by atoms with Gasteiger partial charge >= 0.3 is 0 Å². The summed E-state index contributed by atoms with van der Waals surface area (Å²) in [5.74, 6) is 2.37. The Bertz CT molecular complexity index is 10800. The van der Waals surface area contributed by atoms with Crippen molar-refractivity contribution < 1.29 is 17.7 Å². The van der Waals surface area contributed by atoms with Crippen molar-refractivity contribution in [3.8, 4) is 62.5 Å². The molecule has 0 fully saturated rings. The van der Waals surface area contributed by atoms with E-state index < -0.39 is 0 Å². The number of hydrogen-bond acceptors (Lipinski definition) is 11. The van der Waals surface area contributed by atoms with E-state index in [-0.39, 0.29) is 5.41 Å². The summed E-state index contributed by atoms with van der Waals surface area (Å²) in [5, 5.41) is 30.0. The normalized spacial score (nSPS) is 12.7. The van der Waals surface area contributed by atoms with E-state index in [0.29, 0.717) is 5.71 Å². The third-order valence-corrected chi connectivity index (χ3v) is 30.9. The van der Waals surface area contributed by atoms with Gasteiger partial charge in [-0.05, 0) is 179 Å². The molecule has 0 spiro atoms. The summed E-state index contributed by atoms with van der Waals surface area (Å²) in [6.07, 6.45) is 0. The van der Waals surface area contributed by atoms with Crippen LogP contribution in [-0.4, -0.2) is 43.6 Å². The number of aromatic nitrogens is 9. The molecule has 666 valence electrons. The maximum Gasteiger partial charge on any atom is 0.247 e. The molecule has 11 heterocycles. The van der Waals surface area contributed by atoms with Crippen LogP contribution in [0.1, 0.15) is 25.1 Å². The molecule has 143 heavy (non-hydrogen) atoms. The van der Waals surface area contributed by atoms with Gasteiger partial charge in [-0.2, -0.15) is 0 Å². The van der Waals surface area contributed by atoms with E-state index in [1.165, 1.54) is 107 Å². The largest absolute Gasteiger partial charge is 0.456 e. The molecular formula is C129H75N9O4S. The first-order valence-electron chi connectivity index (χ1n) is 48.3. The Morgan fingerprint density at radius 1 is 0.217 bits per heavy atom. The van der Waals surface area contributed by atoms with Crippen LogP contribution < -0.4 is 0 Å². The highest BCUT2D eigenvalue weighted by Crippen LogP contribution is 2.54. The fourth-order valence-electron chi connectivity index (χ4n) is 23.5. The predicted molar refractivity (Wildman–Crippen MR) is 590 cm³/mol. The molecule has 0 bridgehead atoms. The number of fused-ring (bicyclic) bond motifs is 36. The third-order valence-electron chi connectivity index (χ3n) is 29.9. The molecule has 13 nitrogen and oxygen atoms in total. The van der Waals surface area contributed by atoms with E-state index in [4.69, 9.17) is 47.6 Å². The van der Waals surface area contributed by atoms with Crippen LogP contribution in [-0.2, 0) is 5.41 Å². The summed E-state index contributed by atoms with van der Waals surface area (Å²) in [7, 11) is 0. The lowest BCUT2D eigenvalue weighted by Crippen LogP contribution is -2.18. The molecule has 21 aromatic carbocycles. The fourth-order valence-corrected chi connectivity index (χ4v) is 24.5. The van der Waals surface area contributed by atoms with Crippen LogP contribution in [0, 0.1) is 0 Å². The number of nitrogens with zero attached hydrogens (tertiary/aromatic N) is 9. The van der Waals surface area contributed by atoms with Crippen LogP contribution in [0.5, 0.6) is 0 Å². The Morgan fingerprint density at radius 2 is 0.545 bits per heavy atom. The molecule has 0 amide bonds. The van der Waals surface area contributed by atoms with Crippen LogP contribution in [0.4, 0.5) is 0 Å². The van der Waals surface area contributed by atoms with Crippen molar-refractivity contribution in [2.75, 3.05) is 0 Å². The van der Waals surface area contributed by atoms with Gasteiger partial charge < -0.3 is 17.7 Å². The Labute approximate surface area is 816 Å². The van der Waals surface area contributed by atoms with Gasteiger partial charge in [-0.3, -0.25) is 13.7 Å². The van der Waals surface area contributed by atoms with Crippen LogP contribution in [0.3, 0.4) is 0 Å². The average molecular weight is 1850 g/mol. The van der Waals surface area contributed by atoms with Gasteiger partial charge in [-0.15, -0.1) is 11.3 Å². The number of benzene rings is 21. The van der Waals surface area contributed by atoms with Gasteiger partial charge in [0.05, 0.1) is 44.5 Å². The standard InChI is InChI=1S/C45H29N3O.C42H23N3O2.C42H23N3OS/c1-45(2)34-19-9-7-16-30(34)41-43(45)46-42(32-18-11-21-38-40(32)31-17-8-10-20-37(31)49-38)44(47-41)48-35-23-22-26-12-5-6-15-29(26)39(35)33-24-27-13-3-4-14-28(27)25-36(33)48;1-2-12-26-23-33-31(22-25(26)11-1)37-27-13-4-3-10-24(27)20-21-32(37)45(33)41-39(44-42-40(43-41)29-15-6-8-18-35(29)47-42)30-16-9-19-36-38(30)28-14-5-7-17-34(28)46-36;1-2-12-26-23-33-31(22-25(26)11-1)37-27-13-4-3-10-24(27)20-21-32(37)45(33)41-39(44-42-40(43-41)29-15-6-8-19-36(29)47-42)30-16-9-18-35-38(30)28-14-5-7-17-34(28)46-35/h3-25H,1-2H3;2*1-23H. The minimum atomic E-state index is -0.314. The lowest BCUT2D eigenvalue weighted by Gasteiger charge is -2.21. The molecule has 1 aliphatic carbocycles. The zero-order valence-electron chi connectivity index (χ0n) is 76.9. The molecule has 33 rings (SSSR count).